The highest BCUT2D eigenvalue weighted by Gasteiger charge is 2.05. The Balaban J connectivity index is 1.29. The minimum atomic E-state index is -0.183. The number of methoxy groups -OCH3 is 2. The number of amides is 1. The third kappa shape index (κ3) is 9.57. The van der Waals surface area contributed by atoms with Crippen molar-refractivity contribution in [1.82, 2.24) is 20.2 Å². The molecule has 3 aromatic rings. The van der Waals surface area contributed by atoms with Crippen molar-refractivity contribution in [1.29, 1.82) is 0 Å². The second-order valence-corrected chi connectivity index (χ2v) is 8.84. The molecule has 2 N–H and O–H groups in total. The van der Waals surface area contributed by atoms with E-state index in [9.17, 15) is 9.59 Å². The quantitative estimate of drug-likeness (QED) is 0.323. The third-order valence-corrected chi connectivity index (χ3v) is 5.95. The summed E-state index contributed by atoms with van der Waals surface area (Å²) in [6.45, 7) is 2.58. The summed E-state index contributed by atoms with van der Waals surface area (Å²) in [6, 6.07) is 15.0. The summed E-state index contributed by atoms with van der Waals surface area (Å²) in [7, 11) is 5.44. The van der Waals surface area contributed by atoms with Gasteiger partial charge in [-0.15, -0.1) is 0 Å². The molecule has 8 heteroatoms. The maximum Gasteiger partial charge on any atom is 0.251 e. The van der Waals surface area contributed by atoms with Crippen molar-refractivity contribution in [3.63, 3.8) is 0 Å². The number of H-pyrrole nitrogens is 1. The smallest absolute Gasteiger partial charge is 0.251 e. The van der Waals surface area contributed by atoms with Crippen molar-refractivity contribution in [3.8, 4) is 22.9 Å². The van der Waals surface area contributed by atoms with E-state index in [2.05, 4.69) is 27.2 Å². The number of hydrogen-bond acceptors (Lipinski definition) is 6. The molecular formula is C29H36N4O4. The molecule has 0 radical (unpaired) electrons. The van der Waals surface area contributed by atoms with E-state index in [4.69, 9.17) is 9.47 Å². The van der Waals surface area contributed by atoms with E-state index in [-0.39, 0.29) is 11.5 Å². The van der Waals surface area contributed by atoms with Crippen LogP contribution < -0.4 is 20.3 Å². The zero-order valence-electron chi connectivity index (χ0n) is 21.8. The Labute approximate surface area is 218 Å². The SMILES string of the molecule is COc1cc(CCN(C)CCCCNC(=O)CC=Cc2ccc(-c3nccc(=O)[nH]3)cc2)cc(OC)c1. The predicted octanol–water partition coefficient (Wildman–Crippen LogP) is 3.93. The second kappa shape index (κ2) is 14.6. The number of aromatic nitrogens is 2. The van der Waals surface area contributed by atoms with Gasteiger partial charge in [0.05, 0.1) is 14.2 Å². The van der Waals surface area contributed by atoms with Gasteiger partial charge in [0.25, 0.3) is 5.56 Å². The lowest BCUT2D eigenvalue weighted by atomic mass is 10.1. The van der Waals surface area contributed by atoms with Gasteiger partial charge in [-0.2, -0.15) is 0 Å². The van der Waals surface area contributed by atoms with Crippen LogP contribution in [-0.4, -0.2) is 61.7 Å². The van der Waals surface area contributed by atoms with Crippen LogP contribution in [0, 0.1) is 0 Å². The van der Waals surface area contributed by atoms with Crippen molar-refractivity contribution in [2.45, 2.75) is 25.7 Å². The fourth-order valence-electron chi connectivity index (χ4n) is 3.82. The van der Waals surface area contributed by atoms with Crippen LogP contribution in [0.15, 0.2) is 65.6 Å². The molecule has 0 saturated carbocycles. The molecule has 1 aromatic heterocycles. The largest absolute Gasteiger partial charge is 0.497 e. The number of nitrogens with zero attached hydrogens (tertiary/aromatic N) is 2. The lowest BCUT2D eigenvalue weighted by molar-refractivity contribution is -0.120. The van der Waals surface area contributed by atoms with Crippen LogP contribution in [0.5, 0.6) is 11.5 Å². The van der Waals surface area contributed by atoms with Crippen LogP contribution in [0.3, 0.4) is 0 Å². The summed E-state index contributed by atoms with van der Waals surface area (Å²) in [6.07, 6.45) is 8.45. The van der Waals surface area contributed by atoms with Gasteiger partial charge in [0.1, 0.15) is 17.3 Å². The molecule has 8 nitrogen and oxygen atoms in total. The Morgan fingerprint density at radius 2 is 1.76 bits per heavy atom. The minimum absolute atomic E-state index is 0.0132. The summed E-state index contributed by atoms with van der Waals surface area (Å²) >= 11 is 0. The Morgan fingerprint density at radius 1 is 1.03 bits per heavy atom. The van der Waals surface area contributed by atoms with Gasteiger partial charge in [-0.1, -0.05) is 36.4 Å². The number of rotatable bonds is 14. The van der Waals surface area contributed by atoms with Crippen LogP contribution >= 0.6 is 0 Å². The summed E-state index contributed by atoms with van der Waals surface area (Å²) in [5, 5.41) is 2.98. The molecule has 0 saturated heterocycles. The van der Waals surface area contributed by atoms with Gasteiger partial charge in [0.15, 0.2) is 0 Å². The van der Waals surface area contributed by atoms with Crippen LogP contribution in [0.25, 0.3) is 17.5 Å². The summed E-state index contributed by atoms with van der Waals surface area (Å²) in [4.78, 5) is 32.7. The first-order valence-corrected chi connectivity index (χ1v) is 12.5. The van der Waals surface area contributed by atoms with Crippen molar-refractivity contribution in [3.05, 3.63) is 82.3 Å². The molecule has 0 aliphatic carbocycles. The van der Waals surface area contributed by atoms with Gasteiger partial charge >= 0.3 is 0 Å². The molecular weight excluding hydrogens is 468 g/mol. The maximum atomic E-state index is 12.1. The number of unbranched alkanes of at least 4 members (excludes halogenated alkanes) is 1. The van der Waals surface area contributed by atoms with Gasteiger partial charge in [-0.25, -0.2) is 4.98 Å². The van der Waals surface area contributed by atoms with Crippen LogP contribution in [0.2, 0.25) is 0 Å². The Morgan fingerprint density at radius 3 is 2.43 bits per heavy atom. The van der Waals surface area contributed by atoms with Crippen molar-refractivity contribution in [2.24, 2.45) is 0 Å². The molecule has 0 fully saturated rings. The first-order valence-electron chi connectivity index (χ1n) is 12.5. The van der Waals surface area contributed by atoms with E-state index >= 15 is 0 Å². The van der Waals surface area contributed by atoms with E-state index in [1.54, 1.807) is 14.2 Å². The highest BCUT2D eigenvalue weighted by Crippen LogP contribution is 2.23. The molecule has 1 amide bonds. The van der Waals surface area contributed by atoms with Crippen LogP contribution in [0.4, 0.5) is 0 Å². The molecule has 3 rings (SSSR count). The maximum absolute atomic E-state index is 12.1. The molecule has 0 aliphatic rings. The molecule has 0 bridgehead atoms. The summed E-state index contributed by atoms with van der Waals surface area (Å²) in [5.41, 5.74) is 2.81. The van der Waals surface area contributed by atoms with Crippen LogP contribution in [0.1, 0.15) is 30.4 Å². The zero-order valence-corrected chi connectivity index (χ0v) is 21.8. The summed E-state index contributed by atoms with van der Waals surface area (Å²) in [5.74, 6) is 2.16. The molecule has 2 aromatic carbocycles. The van der Waals surface area contributed by atoms with Gasteiger partial charge in [0.2, 0.25) is 5.91 Å². The third-order valence-electron chi connectivity index (χ3n) is 5.95. The highest BCUT2D eigenvalue weighted by atomic mass is 16.5. The normalized spacial score (nSPS) is 11.1. The topological polar surface area (TPSA) is 96.5 Å². The number of benzene rings is 2. The van der Waals surface area contributed by atoms with E-state index in [1.807, 2.05) is 54.6 Å². The van der Waals surface area contributed by atoms with Gasteiger partial charge in [-0.3, -0.25) is 9.59 Å². The van der Waals surface area contributed by atoms with Crippen LogP contribution in [-0.2, 0) is 11.2 Å². The van der Waals surface area contributed by atoms with E-state index in [1.165, 1.54) is 17.8 Å². The number of aromatic amines is 1. The van der Waals surface area contributed by atoms with Gasteiger partial charge < -0.3 is 24.7 Å². The number of ether oxygens (including phenoxy) is 2. The Hall–Kier alpha value is -3.91. The zero-order chi connectivity index (χ0) is 26.5. The molecule has 0 unspecified atom stereocenters. The number of nitrogens with one attached hydrogen (secondary N) is 2. The molecule has 196 valence electrons. The first-order chi connectivity index (χ1) is 18.0. The van der Waals surface area contributed by atoms with Gasteiger partial charge in [0, 0.05) is 43.4 Å². The van der Waals surface area contributed by atoms with E-state index in [0.717, 1.165) is 55.0 Å². The Bertz CT molecular complexity index is 1200. The van der Waals surface area contributed by atoms with Gasteiger partial charge in [-0.05, 0) is 56.1 Å². The number of hydrogen-bond donors (Lipinski definition) is 2. The highest BCUT2D eigenvalue weighted by molar-refractivity contribution is 5.78. The average molecular weight is 505 g/mol. The predicted molar refractivity (Wildman–Crippen MR) is 147 cm³/mol. The standard InChI is InChI=1S/C29H36N4O4/c1-33(18-14-23-19-25(36-2)21-26(20-23)37-3)17-5-4-15-30-27(34)8-6-7-22-9-11-24(12-10-22)29-31-16-13-28(35)32-29/h6-7,9-13,16,19-21H,4-5,8,14-15,17-18H2,1-3H3,(H,30,34)(H,31,32,35). The minimum Gasteiger partial charge on any atom is -0.497 e. The van der Waals surface area contributed by atoms with Crippen molar-refractivity contribution in [2.75, 3.05) is 40.9 Å². The molecule has 1 heterocycles. The number of carbonyl (C=O) groups is 1. The van der Waals surface area contributed by atoms with Crippen molar-refractivity contribution >= 4 is 12.0 Å². The number of carbonyl (C=O) groups excluding carboxylic acids is 1. The average Bonchev–Trinajstić information content (AvgIpc) is 2.91. The lowest BCUT2D eigenvalue weighted by Crippen LogP contribution is -2.26. The molecule has 0 aliphatic heterocycles. The fraction of sp³-hybridized carbons (Fsp3) is 0.345. The lowest BCUT2D eigenvalue weighted by Gasteiger charge is -2.17. The number of likely N-dealkylation sites (N-methyl/N-ethyl adjacent to an activating group) is 1. The summed E-state index contributed by atoms with van der Waals surface area (Å²) < 4.78 is 10.7. The molecule has 0 atom stereocenters. The van der Waals surface area contributed by atoms with E-state index < -0.39 is 0 Å². The van der Waals surface area contributed by atoms with Crippen molar-refractivity contribution < 1.29 is 14.3 Å². The second-order valence-electron chi connectivity index (χ2n) is 8.84. The Kier molecular flexibility index (Phi) is 10.9. The first kappa shape index (κ1) is 27.7. The molecule has 0 spiro atoms. The van der Waals surface area contributed by atoms with E-state index in [0.29, 0.717) is 18.8 Å². The monoisotopic (exact) mass is 504 g/mol. The fourth-order valence-corrected chi connectivity index (χ4v) is 3.82. The molecule has 37 heavy (non-hydrogen) atoms.